The van der Waals surface area contributed by atoms with Crippen molar-refractivity contribution < 1.29 is 4.39 Å². The van der Waals surface area contributed by atoms with Crippen LogP contribution in [0.4, 0.5) is 15.8 Å². The lowest BCUT2D eigenvalue weighted by molar-refractivity contribution is 0.632. The Morgan fingerprint density at radius 1 is 0.880 bits per heavy atom. The molecule has 0 saturated heterocycles. The number of halogens is 2. The van der Waals surface area contributed by atoms with Crippen molar-refractivity contribution in [1.82, 2.24) is 9.97 Å². The van der Waals surface area contributed by atoms with Crippen LogP contribution in [0, 0.1) is 5.82 Å². The van der Waals surface area contributed by atoms with E-state index in [0.717, 1.165) is 11.1 Å². The molecule has 0 amide bonds. The van der Waals surface area contributed by atoms with Crippen molar-refractivity contribution in [2.24, 2.45) is 0 Å². The summed E-state index contributed by atoms with van der Waals surface area (Å²) < 4.78 is 15.3. The highest BCUT2D eigenvalue weighted by molar-refractivity contribution is 6.30. The first-order valence-electron chi connectivity index (χ1n) is 7.73. The van der Waals surface area contributed by atoms with Gasteiger partial charge in [-0.05, 0) is 30.3 Å². The third-order valence-corrected chi connectivity index (χ3v) is 4.15. The van der Waals surface area contributed by atoms with E-state index < -0.39 is 5.82 Å². The fourth-order valence-corrected chi connectivity index (χ4v) is 2.82. The number of aromatic nitrogens is 2. The van der Waals surface area contributed by atoms with E-state index in [9.17, 15) is 0 Å². The molecule has 5 heteroatoms. The highest BCUT2D eigenvalue weighted by atomic mass is 35.5. The van der Waals surface area contributed by atoms with Crippen LogP contribution in [-0.4, -0.2) is 9.97 Å². The van der Waals surface area contributed by atoms with Gasteiger partial charge in [-0.3, -0.25) is 4.98 Å². The van der Waals surface area contributed by atoms with Gasteiger partial charge in [-0.15, -0.1) is 0 Å². The number of nitrogens with one attached hydrogen (secondary N) is 1. The predicted octanol–water partition coefficient (Wildman–Crippen LogP) is 5.83. The Hall–Kier alpha value is -2.98. The summed E-state index contributed by atoms with van der Waals surface area (Å²) in [4.78, 5) is 8.49. The monoisotopic (exact) mass is 349 g/mol. The number of hydrogen-bond acceptors (Lipinski definition) is 3. The van der Waals surface area contributed by atoms with E-state index in [1.54, 1.807) is 48.8 Å². The largest absolute Gasteiger partial charge is 0.352 e. The van der Waals surface area contributed by atoms with E-state index in [2.05, 4.69) is 15.3 Å². The van der Waals surface area contributed by atoms with Gasteiger partial charge in [0.15, 0.2) is 5.82 Å². The minimum Gasteiger partial charge on any atom is -0.352 e. The van der Waals surface area contributed by atoms with Gasteiger partial charge in [0.05, 0.1) is 11.2 Å². The molecule has 2 aromatic heterocycles. The van der Waals surface area contributed by atoms with Crippen molar-refractivity contribution in [2.45, 2.75) is 0 Å². The molecule has 0 fully saturated rings. The van der Waals surface area contributed by atoms with Crippen molar-refractivity contribution in [3.05, 3.63) is 83.9 Å². The summed E-state index contributed by atoms with van der Waals surface area (Å²) in [6.45, 7) is 0. The molecule has 4 rings (SSSR count). The third kappa shape index (κ3) is 3.04. The predicted molar refractivity (Wildman–Crippen MR) is 99.7 cm³/mol. The van der Waals surface area contributed by atoms with E-state index in [0.29, 0.717) is 21.8 Å². The molecule has 0 saturated carbocycles. The zero-order valence-corrected chi connectivity index (χ0v) is 13.8. The Morgan fingerprint density at radius 3 is 2.36 bits per heavy atom. The van der Waals surface area contributed by atoms with Crippen molar-refractivity contribution in [3.63, 3.8) is 0 Å². The zero-order chi connectivity index (χ0) is 17.2. The Bertz CT molecular complexity index is 1030. The maximum Gasteiger partial charge on any atom is 0.173 e. The molecule has 25 heavy (non-hydrogen) atoms. The zero-order valence-electron chi connectivity index (χ0n) is 13.1. The molecule has 0 aliphatic rings. The van der Waals surface area contributed by atoms with E-state index in [4.69, 9.17) is 11.6 Å². The second kappa shape index (κ2) is 6.49. The van der Waals surface area contributed by atoms with E-state index >= 15 is 4.39 Å². The summed E-state index contributed by atoms with van der Waals surface area (Å²) in [5.41, 5.74) is 2.82. The molecule has 0 unspecified atom stereocenters. The van der Waals surface area contributed by atoms with Gasteiger partial charge < -0.3 is 5.32 Å². The van der Waals surface area contributed by atoms with Gasteiger partial charge in [0.2, 0.25) is 0 Å². The summed E-state index contributed by atoms with van der Waals surface area (Å²) in [6.07, 6.45) is 3.31. The van der Waals surface area contributed by atoms with Crippen LogP contribution >= 0.6 is 11.6 Å². The molecule has 0 aliphatic heterocycles. The number of benzene rings is 2. The lowest BCUT2D eigenvalue weighted by Crippen LogP contribution is -2.00. The summed E-state index contributed by atoms with van der Waals surface area (Å²) in [5, 5.41) is 4.47. The average Bonchev–Trinajstić information content (AvgIpc) is 2.65. The van der Waals surface area contributed by atoms with Crippen LogP contribution in [0.3, 0.4) is 0 Å². The first-order chi connectivity index (χ1) is 12.2. The van der Waals surface area contributed by atoms with Gasteiger partial charge in [0, 0.05) is 34.1 Å². The Morgan fingerprint density at radius 2 is 1.60 bits per heavy atom. The maximum atomic E-state index is 15.3. The van der Waals surface area contributed by atoms with Crippen LogP contribution in [0.1, 0.15) is 0 Å². The Balaban J connectivity index is 1.93. The average molecular weight is 350 g/mol. The van der Waals surface area contributed by atoms with Crippen LogP contribution in [0.2, 0.25) is 5.02 Å². The van der Waals surface area contributed by atoms with Crippen molar-refractivity contribution in [3.8, 4) is 11.3 Å². The maximum absolute atomic E-state index is 15.3. The minimum absolute atomic E-state index is 0.284. The van der Waals surface area contributed by atoms with E-state index in [1.165, 1.54) is 0 Å². The first kappa shape index (κ1) is 15.5. The summed E-state index contributed by atoms with van der Waals surface area (Å²) in [5.74, 6) is -0.405. The lowest BCUT2D eigenvalue weighted by atomic mass is 10.1. The molecule has 1 N–H and O–H groups in total. The third-order valence-electron chi connectivity index (χ3n) is 3.90. The number of para-hydroxylation sites is 1. The Kier molecular flexibility index (Phi) is 4.04. The lowest BCUT2D eigenvalue weighted by Gasteiger charge is -2.14. The van der Waals surface area contributed by atoms with Gasteiger partial charge in [-0.1, -0.05) is 41.9 Å². The molecule has 0 bridgehead atoms. The van der Waals surface area contributed by atoms with E-state index in [1.807, 2.05) is 24.3 Å². The number of nitrogens with zero attached hydrogens (tertiary/aromatic N) is 2. The topological polar surface area (TPSA) is 37.8 Å². The SMILES string of the molecule is Fc1c(-c2ccc(Cl)cc2)nc2ccccc2c1Nc1ccncc1. The summed E-state index contributed by atoms with van der Waals surface area (Å²) in [6, 6.07) is 18.0. The van der Waals surface area contributed by atoms with Gasteiger partial charge in [-0.25, -0.2) is 9.37 Å². The van der Waals surface area contributed by atoms with Crippen LogP contribution in [0.25, 0.3) is 22.2 Å². The normalized spacial score (nSPS) is 10.8. The fourth-order valence-electron chi connectivity index (χ4n) is 2.69. The van der Waals surface area contributed by atoms with Crippen LogP contribution in [0.5, 0.6) is 0 Å². The smallest absolute Gasteiger partial charge is 0.173 e. The molecule has 0 radical (unpaired) electrons. The van der Waals surface area contributed by atoms with Gasteiger partial charge >= 0.3 is 0 Å². The van der Waals surface area contributed by atoms with Crippen molar-refractivity contribution in [2.75, 3.05) is 5.32 Å². The second-order valence-electron chi connectivity index (χ2n) is 5.53. The van der Waals surface area contributed by atoms with E-state index in [-0.39, 0.29) is 5.69 Å². The highest BCUT2D eigenvalue weighted by Gasteiger charge is 2.16. The number of fused-ring (bicyclic) bond motifs is 1. The van der Waals surface area contributed by atoms with Crippen molar-refractivity contribution in [1.29, 1.82) is 0 Å². The highest BCUT2D eigenvalue weighted by Crippen LogP contribution is 2.34. The number of pyridine rings is 2. The van der Waals surface area contributed by atoms with Crippen LogP contribution in [-0.2, 0) is 0 Å². The molecule has 2 aromatic carbocycles. The fraction of sp³-hybridized carbons (Fsp3) is 0. The van der Waals surface area contributed by atoms with Crippen LogP contribution in [0.15, 0.2) is 73.1 Å². The number of rotatable bonds is 3. The minimum atomic E-state index is -0.405. The van der Waals surface area contributed by atoms with Gasteiger partial charge in [0.25, 0.3) is 0 Å². The molecular weight excluding hydrogens is 337 g/mol. The molecule has 122 valence electrons. The summed E-state index contributed by atoms with van der Waals surface area (Å²) >= 11 is 5.94. The number of anilines is 2. The molecule has 4 aromatic rings. The molecule has 0 spiro atoms. The molecule has 0 aliphatic carbocycles. The summed E-state index contributed by atoms with van der Waals surface area (Å²) in [7, 11) is 0. The standard InChI is InChI=1S/C20H13ClFN3/c21-14-7-5-13(6-8-14)19-18(22)20(24-15-9-11-23-12-10-15)16-3-1-2-4-17(16)25-19/h1-12H,(H,23,24,25). The quantitative estimate of drug-likeness (QED) is 0.505. The van der Waals surface area contributed by atoms with Gasteiger partial charge in [-0.2, -0.15) is 0 Å². The van der Waals surface area contributed by atoms with Crippen LogP contribution < -0.4 is 5.32 Å². The first-order valence-corrected chi connectivity index (χ1v) is 8.11. The van der Waals surface area contributed by atoms with Crippen molar-refractivity contribution >= 4 is 33.9 Å². The molecular formula is C20H13ClFN3. The number of hydrogen-bond donors (Lipinski definition) is 1. The van der Waals surface area contributed by atoms with Gasteiger partial charge in [0.1, 0.15) is 5.69 Å². The Labute approximate surface area is 149 Å². The molecule has 0 atom stereocenters. The molecule has 2 heterocycles. The second-order valence-corrected chi connectivity index (χ2v) is 5.97. The molecule has 3 nitrogen and oxygen atoms in total.